The first-order valence-corrected chi connectivity index (χ1v) is 11.6. The number of aromatic nitrogens is 1. The molecule has 4 aromatic rings. The van der Waals surface area contributed by atoms with Crippen LogP contribution in [0.1, 0.15) is 19.4 Å². The molecule has 0 aliphatic heterocycles. The summed E-state index contributed by atoms with van der Waals surface area (Å²) in [5, 5.41) is 1.79. The zero-order chi connectivity index (χ0) is 24.4. The van der Waals surface area contributed by atoms with Crippen LogP contribution in [-0.2, 0) is 6.54 Å². The van der Waals surface area contributed by atoms with Gasteiger partial charge in [0.05, 0.1) is 6.54 Å². The summed E-state index contributed by atoms with van der Waals surface area (Å²) in [7, 11) is 0. The summed E-state index contributed by atoms with van der Waals surface area (Å²) in [6, 6.07) is 14.2. The molecule has 8 heteroatoms. The molecule has 0 spiro atoms. The second-order valence-corrected chi connectivity index (χ2v) is 8.50. The topological polar surface area (TPSA) is 34.5 Å². The van der Waals surface area contributed by atoms with Gasteiger partial charge in [0, 0.05) is 51.4 Å². The lowest BCUT2D eigenvalue weighted by atomic mass is 10.00. The molecule has 1 aromatic heterocycles. The summed E-state index contributed by atoms with van der Waals surface area (Å²) in [5.74, 6) is -1.69. The summed E-state index contributed by atoms with van der Waals surface area (Å²) in [5.41, 5.74) is 2.43. The fourth-order valence-electron chi connectivity index (χ4n) is 3.92. The minimum absolute atomic E-state index is 0.254. The number of fused-ring (bicyclic) bond motifs is 1. The highest BCUT2D eigenvalue weighted by molar-refractivity contribution is 6.36. The van der Waals surface area contributed by atoms with Crippen molar-refractivity contribution in [1.29, 1.82) is 0 Å². The average molecular weight is 503 g/mol. The average Bonchev–Trinajstić information content (AvgIpc) is 3.22. The van der Waals surface area contributed by atoms with Gasteiger partial charge in [0.2, 0.25) is 0 Å². The van der Waals surface area contributed by atoms with Crippen molar-refractivity contribution < 1.29 is 18.3 Å². The maximum absolute atomic E-state index is 14.2. The Bertz CT molecular complexity index is 1350. The number of hydrogen-bond donors (Lipinski definition) is 0. The second kappa shape index (κ2) is 10.0. The number of halogens is 4. The summed E-state index contributed by atoms with van der Waals surface area (Å²) >= 11 is 12.7. The van der Waals surface area contributed by atoms with Gasteiger partial charge in [0.25, 0.3) is 0 Å². The zero-order valence-electron chi connectivity index (χ0n) is 18.6. The Hall–Kier alpha value is -3.09. The van der Waals surface area contributed by atoms with Crippen molar-refractivity contribution in [3.05, 3.63) is 88.0 Å². The van der Waals surface area contributed by atoms with Crippen LogP contribution in [0.5, 0.6) is 5.75 Å². The van der Waals surface area contributed by atoms with E-state index < -0.39 is 17.7 Å². The fourth-order valence-corrected chi connectivity index (χ4v) is 4.44. The molecule has 0 bridgehead atoms. The maximum Gasteiger partial charge on any atom is 0.415 e. The molecule has 34 heavy (non-hydrogen) atoms. The van der Waals surface area contributed by atoms with Crippen molar-refractivity contribution in [3.63, 3.8) is 0 Å². The molecule has 0 aliphatic carbocycles. The van der Waals surface area contributed by atoms with Gasteiger partial charge in [-0.15, -0.1) is 0 Å². The Morgan fingerprint density at radius 2 is 1.68 bits per heavy atom. The highest BCUT2D eigenvalue weighted by Crippen LogP contribution is 2.39. The third kappa shape index (κ3) is 4.61. The number of hydrogen-bond acceptors (Lipinski definition) is 2. The van der Waals surface area contributed by atoms with E-state index in [1.165, 1.54) is 11.0 Å². The number of ether oxygens (including phenoxy) is 1. The zero-order valence-corrected chi connectivity index (χ0v) is 20.1. The third-order valence-corrected chi connectivity index (χ3v) is 6.44. The largest absolute Gasteiger partial charge is 0.415 e. The van der Waals surface area contributed by atoms with E-state index in [1.54, 1.807) is 24.3 Å². The summed E-state index contributed by atoms with van der Waals surface area (Å²) < 4.78 is 35.5. The van der Waals surface area contributed by atoms with Crippen LogP contribution in [0.25, 0.3) is 22.0 Å². The van der Waals surface area contributed by atoms with Crippen LogP contribution < -0.4 is 4.74 Å². The molecule has 0 aliphatic rings. The molecular formula is C26H22Cl2F2N2O2. The van der Waals surface area contributed by atoms with E-state index in [0.717, 1.165) is 23.2 Å². The Kier molecular flexibility index (Phi) is 7.10. The molecule has 0 unspecified atom stereocenters. The highest BCUT2D eigenvalue weighted by atomic mass is 35.5. The lowest BCUT2D eigenvalue weighted by Gasteiger charge is -2.20. The van der Waals surface area contributed by atoms with E-state index in [1.807, 2.05) is 36.7 Å². The highest BCUT2D eigenvalue weighted by Gasteiger charge is 2.20. The van der Waals surface area contributed by atoms with Crippen LogP contribution >= 0.6 is 23.2 Å². The van der Waals surface area contributed by atoms with Gasteiger partial charge in [0.1, 0.15) is 5.75 Å². The number of carbonyl (C=O) groups excluding carboxylic acids is 1. The predicted octanol–water partition coefficient (Wildman–Crippen LogP) is 7.78. The van der Waals surface area contributed by atoms with Gasteiger partial charge in [-0.05, 0) is 61.9 Å². The van der Waals surface area contributed by atoms with Gasteiger partial charge in [-0.3, -0.25) is 0 Å². The van der Waals surface area contributed by atoms with E-state index in [0.29, 0.717) is 46.2 Å². The summed E-state index contributed by atoms with van der Waals surface area (Å²) in [6.07, 6.45) is 1.33. The second-order valence-electron chi connectivity index (χ2n) is 7.68. The molecule has 0 fully saturated rings. The van der Waals surface area contributed by atoms with E-state index in [9.17, 15) is 13.6 Å². The minimum Gasteiger partial charge on any atom is -0.410 e. The summed E-state index contributed by atoms with van der Waals surface area (Å²) in [4.78, 5) is 14.2. The van der Waals surface area contributed by atoms with Gasteiger partial charge in [0.15, 0.2) is 11.6 Å². The maximum atomic E-state index is 14.2. The van der Waals surface area contributed by atoms with Crippen LogP contribution in [-0.4, -0.2) is 28.6 Å². The molecule has 0 atom stereocenters. The third-order valence-electron chi connectivity index (χ3n) is 5.73. The van der Waals surface area contributed by atoms with E-state index in [-0.39, 0.29) is 5.75 Å². The number of nitrogens with zero attached hydrogens (tertiary/aromatic N) is 2. The Labute approximate surface area is 206 Å². The quantitative estimate of drug-likeness (QED) is 0.269. The van der Waals surface area contributed by atoms with Gasteiger partial charge in [-0.2, -0.15) is 0 Å². The Morgan fingerprint density at radius 3 is 2.32 bits per heavy atom. The molecule has 0 N–H and O–H groups in total. The molecular weight excluding hydrogens is 481 g/mol. The number of amides is 1. The molecule has 3 aromatic carbocycles. The number of rotatable bonds is 6. The van der Waals surface area contributed by atoms with Crippen LogP contribution in [0.15, 0.2) is 60.8 Å². The molecule has 1 amide bonds. The van der Waals surface area contributed by atoms with E-state index >= 15 is 0 Å². The first-order chi connectivity index (χ1) is 16.3. The monoisotopic (exact) mass is 502 g/mol. The first kappa shape index (κ1) is 24.0. The van der Waals surface area contributed by atoms with Gasteiger partial charge < -0.3 is 14.2 Å². The summed E-state index contributed by atoms with van der Waals surface area (Å²) in [6.45, 7) is 5.06. The van der Waals surface area contributed by atoms with Crippen molar-refractivity contribution in [2.45, 2.75) is 20.4 Å². The molecule has 0 saturated carbocycles. The van der Waals surface area contributed by atoms with Crippen molar-refractivity contribution in [1.82, 2.24) is 9.47 Å². The fraction of sp³-hybridized carbons (Fsp3) is 0.192. The predicted molar refractivity (Wildman–Crippen MR) is 132 cm³/mol. The van der Waals surface area contributed by atoms with Gasteiger partial charge in [-0.25, -0.2) is 13.6 Å². The van der Waals surface area contributed by atoms with Crippen LogP contribution in [0.3, 0.4) is 0 Å². The van der Waals surface area contributed by atoms with Crippen molar-refractivity contribution in [2.24, 2.45) is 0 Å². The van der Waals surface area contributed by atoms with E-state index in [2.05, 4.69) is 0 Å². The molecule has 4 rings (SSSR count). The smallest absolute Gasteiger partial charge is 0.410 e. The standard InChI is InChI=1S/C26H22Cl2F2N2O2/c1-3-31(4-2)26(33)34-24-11-10-23-17(25(24)16-8-9-21(29)22(30)14-16)12-13-32(23)15-18-19(27)6-5-7-20(18)28/h5-14H,3-4,15H2,1-2H3. The normalized spacial score (nSPS) is 11.1. The molecule has 0 saturated heterocycles. The van der Waals surface area contributed by atoms with Crippen LogP contribution in [0.2, 0.25) is 10.0 Å². The van der Waals surface area contributed by atoms with Crippen molar-refractivity contribution in [3.8, 4) is 16.9 Å². The first-order valence-electron chi connectivity index (χ1n) is 10.8. The lowest BCUT2D eigenvalue weighted by molar-refractivity contribution is 0.157. The number of carbonyl (C=O) groups is 1. The van der Waals surface area contributed by atoms with Crippen molar-refractivity contribution >= 4 is 40.2 Å². The molecule has 4 nitrogen and oxygen atoms in total. The molecule has 176 valence electrons. The Balaban J connectivity index is 1.86. The SMILES string of the molecule is CCN(CC)C(=O)Oc1ccc2c(ccn2Cc2c(Cl)cccc2Cl)c1-c1ccc(F)c(F)c1. The Morgan fingerprint density at radius 1 is 0.971 bits per heavy atom. The van der Waals surface area contributed by atoms with Crippen molar-refractivity contribution in [2.75, 3.05) is 13.1 Å². The molecule has 1 heterocycles. The van der Waals surface area contributed by atoms with Crippen LogP contribution in [0.4, 0.5) is 13.6 Å². The van der Waals surface area contributed by atoms with E-state index in [4.69, 9.17) is 27.9 Å². The van der Waals surface area contributed by atoms with Gasteiger partial charge in [-0.1, -0.05) is 35.3 Å². The number of benzene rings is 3. The van der Waals surface area contributed by atoms with Crippen LogP contribution in [0, 0.1) is 11.6 Å². The molecule has 0 radical (unpaired) electrons. The minimum atomic E-state index is -0.988. The lowest BCUT2D eigenvalue weighted by Crippen LogP contribution is -2.33. The van der Waals surface area contributed by atoms with Gasteiger partial charge >= 0.3 is 6.09 Å².